The number of para-hydroxylation sites is 1. The summed E-state index contributed by atoms with van der Waals surface area (Å²) in [6, 6.07) is 28.1. The zero-order valence-corrected chi connectivity index (χ0v) is 24.1. The number of benzene rings is 4. The van der Waals surface area contributed by atoms with Crippen LogP contribution in [0.15, 0.2) is 115 Å². The molecule has 1 aromatic heterocycles. The SMILES string of the molecule is Cc1cc(NC(=O)NC(Cc2ccccc2)(c2cccc(OC(F)(F)F)c2)c2cccc(OC(F)(F)F)c2)n(-c2ccccc2)n1. The summed E-state index contributed by atoms with van der Waals surface area (Å²) in [6.45, 7) is 1.72. The van der Waals surface area contributed by atoms with E-state index in [1.54, 1.807) is 67.6 Å². The minimum atomic E-state index is -5.03. The number of carbonyl (C=O) groups is 1. The first-order valence-corrected chi connectivity index (χ1v) is 13.8. The van der Waals surface area contributed by atoms with Crippen molar-refractivity contribution in [2.45, 2.75) is 31.6 Å². The van der Waals surface area contributed by atoms with Gasteiger partial charge in [-0.3, -0.25) is 5.32 Å². The Balaban J connectivity index is 1.65. The van der Waals surface area contributed by atoms with Crippen LogP contribution in [0.5, 0.6) is 11.5 Å². The van der Waals surface area contributed by atoms with Crippen molar-refractivity contribution in [1.82, 2.24) is 15.1 Å². The normalized spacial score (nSPS) is 12.0. The van der Waals surface area contributed by atoms with E-state index >= 15 is 0 Å². The molecule has 0 aliphatic carbocycles. The van der Waals surface area contributed by atoms with Gasteiger partial charge in [0.15, 0.2) is 0 Å². The van der Waals surface area contributed by atoms with Gasteiger partial charge < -0.3 is 14.8 Å². The fraction of sp³-hybridized carbons (Fsp3) is 0.152. The van der Waals surface area contributed by atoms with Crippen LogP contribution >= 0.6 is 0 Å². The van der Waals surface area contributed by atoms with Crippen molar-refractivity contribution in [1.29, 1.82) is 0 Å². The number of nitrogens with zero attached hydrogens (tertiary/aromatic N) is 2. The van der Waals surface area contributed by atoms with Crippen LogP contribution in [0.25, 0.3) is 5.69 Å². The number of alkyl halides is 6. The van der Waals surface area contributed by atoms with Gasteiger partial charge in [-0.05, 0) is 60.0 Å². The molecule has 0 atom stereocenters. The number of ether oxygens (including phenoxy) is 2. The largest absolute Gasteiger partial charge is 0.573 e. The summed E-state index contributed by atoms with van der Waals surface area (Å²) < 4.78 is 89.3. The summed E-state index contributed by atoms with van der Waals surface area (Å²) >= 11 is 0. The Morgan fingerprint density at radius 3 is 1.76 bits per heavy atom. The van der Waals surface area contributed by atoms with Crippen LogP contribution in [0.1, 0.15) is 22.4 Å². The number of aryl methyl sites for hydroxylation is 1. The molecule has 5 rings (SSSR count). The third-order valence-electron chi connectivity index (χ3n) is 6.83. The molecule has 2 amide bonds. The van der Waals surface area contributed by atoms with Crippen molar-refractivity contribution in [2.75, 3.05) is 5.32 Å². The van der Waals surface area contributed by atoms with Gasteiger partial charge in [-0.15, -0.1) is 26.3 Å². The molecule has 238 valence electrons. The molecule has 0 saturated heterocycles. The van der Waals surface area contributed by atoms with Crippen LogP contribution in [0.4, 0.5) is 37.0 Å². The van der Waals surface area contributed by atoms with Crippen molar-refractivity contribution in [3.05, 3.63) is 138 Å². The van der Waals surface area contributed by atoms with Gasteiger partial charge in [0, 0.05) is 12.5 Å². The summed E-state index contributed by atoms with van der Waals surface area (Å²) in [7, 11) is 0. The highest BCUT2D eigenvalue weighted by atomic mass is 19.4. The first-order valence-electron chi connectivity index (χ1n) is 13.8. The van der Waals surface area contributed by atoms with Gasteiger partial charge >= 0.3 is 18.8 Å². The molecule has 0 aliphatic heterocycles. The average Bonchev–Trinajstić information content (AvgIpc) is 3.35. The van der Waals surface area contributed by atoms with Crippen molar-refractivity contribution in [3.8, 4) is 17.2 Å². The lowest BCUT2D eigenvalue weighted by Gasteiger charge is -2.37. The average molecular weight is 641 g/mol. The number of hydrogen-bond donors (Lipinski definition) is 2. The summed E-state index contributed by atoms with van der Waals surface area (Å²) in [5.74, 6) is -0.923. The molecule has 1 heterocycles. The van der Waals surface area contributed by atoms with Crippen LogP contribution in [0.2, 0.25) is 0 Å². The molecule has 5 aromatic rings. The summed E-state index contributed by atoms with van der Waals surface area (Å²) in [5, 5.41) is 10.0. The summed E-state index contributed by atoms with van der Waals surface area (Å²) in [6.07, 6.45) is -10.2. The predicted octanol–water partition coefficient (Wildman–Crippen LogP) is 8.29. The lowest BCUT2D eigenvalue weighted by atomic mass is 9.77. The number of rotatable bonds is 9. The number of hydrogen-bond acceptors (Lipinski definition) is 4. The Kier molecular flexibility index (Phi) is 8.94. The van der Waals surface area contributed by atoms with Crippen LogP contribution in [-0.4, -0.2) is 28.5 Å². The maximum Gasteiger partial charge on any atom is 0.573 e. The quantitative estimate of drug-likeness (QED) is 0.159. The van der Waals surface area contributed by atoms with Gasteiger partial charge in [0.1, 0.15) is 17.3 Å². The van der Waals surface area contributed by atoms with Gasteiger partial charge in [-0.1, -0.05) is 72.8 Å². The van der Waals surface area contributed by atoms with Crippen LogP contribution in [0, 0.1) is 6.92 Å². The molecular weight excluding hydrogens is 614 g/mol. The van der Waals surface area contributed by atoms with Crippen LogP contribution in [-0.2, 0) is 12.0 Å². The van der Waals surface area contributed by atoms with Crippen LogP contribution < -0.4 is 20.1 Å². The lowest BCUT2D eigenvalue weighted by molar-refractivity contribution is -0.275. The molecule has 7 nitrogen and oxygen atoms in total. The number of carbonyl (C=O) groups excluding carboxylic acids is 1. The monoisotopic (exact) mass is 640 g/mol. The molecular formula is C33H26F6N4O3. The van der Waals surface area contributed by atoms with Crippen molar-refractivity contribution in [2.24, 2.45) is 0 Å². The van der Waals surface area contributed by atoms with E-state index in [2.05, 4.69) is 25.2 Å². The molecule has 46 heavy (non-hydrogen) atoms. The lowest BCUT2D eigenvalue weighted by Crippen LogP contribution is -2.50. The van der Waals surface area contributed by atoms with Crippen LogP contribution in [0.3, 0.4) is 0 Å². The standard InChI is InChI=1S/C33H26F6N4O3/c1-22-18-29(43(42-22)26-14-6-3-7-15-26)40-30(44)41-31(21-23-10-4-2-5-11-23,24-12-8-16-27(19-24)45-32(34,35)36)25-13-9-17-28(20-25)46-33(37,38)39/h2-20H,21H2,1H3,(H2,40,41,44). The molecule has 13 heteroatoms. The number of aromatic nitrogens is 2. The highest BCUT2D eigenvalue weighted by Gasteiger charge is 2.39. The Morgan fingerprint density at radius 2 is 1.24 bits per heavy atom. The molecule has 0 fully saturated rings. The van der Waals surface area contributed by atoms with Crippen molar-refractivity contribution in [3.63, 3.8) is 0 Å². The van der Waals surface area contributed by atoms with E-state index in [-0.39, 0.29) is 23.4 Å². The number of amides is 2. The van der Waals surface area contributed by atoms with Crippen molar-refractivity contribution >= 4 is 11.8 Å². The maximum atomic E-state index is 13.9. The first kappa shape index (κ1) is 31.9. The van der Waals surface area contributed by atoms with E-state index in [4.69, 9.17) is 0 Å². The number of nitrogens with one attached hydrogen (secondary N) is 2. The van der Waals surface area contributed by atoms with E-state index in [0.29, 0.717) is 16.9 Å². The predicted molar refractivity (Wildman–Crippen MR) is 158 cm³/mol. The first-order chi connectivity index (χ1) is 21.8. The Hall–Kier alpha value is -5.46. The van der Waals surface area contributed by atoms with E-state index in [0.717, 1.165) is 24.3 Å². The Bertz CT molecular complexity index is 1730. The van der Waals surface area contributed by atoms with E-state index in [1.807, 2.05) is 6.07 Å². The number of halogens is 6. The molecule has 0 saturated carbocycles. The minimum Gasteiger partial charge on any atom is -0.406 e. The fourth-order valence-electron chi connectivity index (χ4n) is 5.07. The van der Waals surface area contributed by atoms with Gasteiger partial charge in [-0.25, -0.2) is 9.48 Å². The fourth-order valence-corrected chi connectivity index (χ4v) is 5.07. The molecule has 2 N–H and O–H groups in total. The third-order valence-corrected chi connectivity index (χ3v) is 6.83. The van der Waals surface area contributed by atoms with E-state index < -0.39 is 35.8 Å². The number of anilines is 1. The number of urea groups is 1. The third kappa shape index (κ3) is 7.97. The highest BCUT2D eigenvalue weighted by molar-refractivity contribution is 5.90. The smallest absolute Gasteiger partial charge is 0.406 e. The Morgan fingerprint density at radius 1 is 0.717 bits per heavy atom. The topological polar surface area (TPSA) is 77.4 Å². The highest BCUT2D eigenvalue weighted by Crippen LogP contribution is 2.38. The maximum absolute atomic E-state index is 13.9. The van der Waals surface area contributed by atoms with Crippen molar-refractivity contribution < 1.29 is 40.6 Å². The summed E-state index contributed by atoms with van der Waals surface area (Å²) in [5.41, 5.74) is 0.236. The molecule has 0 radical (unpaired) electrons. The van der Waals surface area contributed by atoms with Gasteiger partial charge in [-0.2, -0.15) is 5.10 Å². The van der Waals surface area contributed by atoms with Gasteiger partial charge in [0.25, 0.3) is 0 Å². The van der Waals surface area contributed by atoms with E-state index in [9.17, 15) is 31.1 Å². The molecule has 4 aromatic carbocycles. The van der Waals surface area contributed by atoms with Gasteiger partial charge in [0.05, 0.1) is 16.9 Å². The zero-order valence-electron chi connectivity index (χ0n) is 24.1. The molecule has 0 unspecified atom stereocenters. The minimum absolute atomic E-state index is 0.0881. The zero-order chi connectivity index (χ0) is 33.0. The second-order valence-electron chi connectivity index (χ2n) is 10.2. The second kappa shape index (κ2) is 12.9. The summed E-state index contributed by atoms with van der Waals surface area (Å²) in [4.78, 5) is 13.9. The molecule has 0 spiro atoms. The molecule has 0 bridgehead atoms. The Labute approximate surface area is 259 Å². The van der Waals surface area contributed by atoms with Gasteiger partial charge in [0.2, 0.25) is 0 Å². The molecule has 0 aliphatic rings. The van der Waals surface area contributed by atoms with E-state index in [1.165, 1.54) is 28.9 Å². The second-order valence-corrected chi connectivity index (χ2v) is 10.2.